The molecule has 1 aliphatic carbocycles. The van der Waals surface area contributed by atoms with Crippen molar-refractivity contribution in [1.29, 1.82) is 0 Å². The molecular weight excluding hydrogens is 487 g/mol. The second-order valence-corrected chi connectivity index (χ2v) is 7.88. The van der Waals surface area contributed by atoms with Gasteiger partial charge in [0.25, 0.3) is 0 Å². The Balaban J connectivity index is 1.90. The molecule has 1 unspecified atom stereocenters. The molecule has 0 aliphatic heterocycles. The van der Waals surface area contributed by atoms with Crippen LogP contribution in [0.2, 0.25) is 5.02 Å². The van der Waals surface area contributed by atoms with E-state index in [2.05, 4.69) is 15.2 Å². The molecule has 14 heteroatoms. The molecule has 3 rings (SSSR count). The summed E-state index contributed by atoms with van der Waals surface area (Å²) < 4.78 is 103. The Labute approximate surface area is 187 Å². The number of aromatic nitrogens is 2. The lowest BCUT2D eigenvalue weighted by Gasteiger charge is -2.20. The highest BCUT2D eigenvalue weighted by Crippen LogP contribution is 2.58. The third-order valence-corrected chi connectivity index (χ3v) is 5.27. The summed E-state index contributed by atoms with van der Waals surface area (Å²) in [6, 6.07) is 4.62. The van der Waals surface area contributed by atoms with E-state index in [1.54, 1.807) is 0 Å². The number of ether oxygens (including phenoxy) is 2. The summed E-state index contributed by atoms with van der Waals surface area (Å²) in [5, 5.41) is 6.35. The monoisotopic (exact) mass is 503 g/mol. The minimum atomic E-state index is -5.30. The number of hydrogen-bond acceptors (Lipinski definition) is 5. The van der Waals surface area contributed by atoms with Crippen LogP contribution in [-0.2, 0) is 22.7 Å². The zero-order chi connectivity index (χ0) is 24.6. The molecule has 0 amide bonds. The summed E-state index contributed by atoms with van der Waals surface area (Å²) in [5.74, 6) is -3.50. The van der Waals surface area contributed by atoms with Gasteiger partial charge in [0.2, 0.25) is 5.88 Å². The van der Waals surface area contributed by atoms with Crippen LogP contribution in [0.25, 0.3) is 0 Å². The average Bonchev–Trinajstić information content (AvgIpc) is 3.40. The van der Waals surface area contributed by atoms with Crippen LogP contribution in [-0.4, -0.2) is 35.2 Å². The van der Waals surface area contributed by atoms with Gasteiger partial charge in [-0.15, -0.1) is 0 Å². The molecule has 0 saturated heterocycles. The van der Waals surface area contributed by atoms with E-state index in [4.69, 9.17) is 16.3 Å². The standard InChI is InChI=1S/C19H17ClF7N3O3/c1-28-15(33-16(31)18(22,23)24)13-7-14(32-8-10-6-11(20)2-3-12(10)21)30(29-13)9-17(4-5-17)19(25,26)27/h2-3,6-7,15,28H,4-5,8-9H2,1H3. The largest absolute Gasteiger partial charge is 0.490 e. The molecule has 0 radical (unpaired) electrons. The van der Waals surface area contributed by atoms with E-state index >= 15 is 0 Å². The van der Waals surface area contributed by atoms with Crippen molar-refractivity contribution in [3.8, 4) is 5.88 Å². The van der Waals surface area contributed by atoms with Crippen molar-refractivity contribution < 1.29 is 45.0 Å². The molecule has 1 saturated carbocycles. The Morgan fingerprint density at radius 2 is 1.91 bits per heavy atom. The lowest BCUT2D eigenvalue weighted by molar-refractivity contribution is -0.206. The molecular formula is C19H17ClF7N3O3. The number of rotatable bonds is 8. The fraction of sp³-hybridized carbons (Fsp3) is 0.474. The van der Waals surface area contributed by atoms with Gasteiger partial charge in [0.05, 0.1) is 12.0 Å². The molecule has 1 atom stereocenters. The Kier molecular flexibility index (Phi) is 6.85. The topological polar surface area (TPSA) is 65.4 Å². The van der Waals surface area contributed by atoms with Crippen molar-refractivity contribution in [3.63, 3.8) is 0 Å². The first kappa shape index (κ1) is 25.1. The highest BCUT2D eigenvalue weighted by molar-refractivity contribution is 6.30. The molecule has 6 nitrogen and oxygen atoms in total. The summed E-state index contributed by atoms with van der Waals surface area (Å²) >= 11 is 5.81. The zero-order valence-corrected chi connectivity index (χ0v) is 17.6. The fourth-order valence-corrected chi connectivity index (χ4v) is 3.19. The summed E-state index contributed by atoms with van der Waals surface area (Å²) in [4.78, 5) is 11.2. The van der Waals surface area contributed by atoms with Gasteiger partial charge in [0.1, 0.15) is 18.1 Å². The molecule has 1 heterocycles. The van der Waals surface area contributed by atoms with E-state index in [9.17, 15) is 35.5 Å². The predicted molar refractivity (Wildman–Crippen MR) is 99.6 cm³/mol. The van der Waals surface area contributed by atoms with Gasteiger partial charge in [-0.25, -0.2) is 13.9 Å². The van der Waals surface area contributed by atoms with Crippen molar-refractivity contribution in [2.24, 2.45) is 5.41 Å². The first-order valence-corrected chi connectivity index (χ1v) is 9.80. The molecule has 1 aliphatic rings. The molecule has 0 spiro atoms. The molecule has 182 valence electrons. The average molecular weight is 504 g/mol. The Hall–Kier alpha value is -2.54. The van der Waals surface area contributed by atoms with E-state index in [1.165, 1.54) is 12.1 Å². The first-order valence-electron chi connectivity index (χ1n) is 9.42. The van der Waals surface area contributed by atoms with Crippen LogP contribution in [0.5, 0.6) is 5.88 Å². The van der Waals surface area contributed by atoms with Crippen molar-refractivity contribution in [2.45, 2.75) is 44.6 Å². The molecule has 1 fully saturated rings. The summed E-state index contributed by atoms with van der Waals surface area (Å²) in [5.41, 5.74) is -2.43. The second-order valence-electron chi connectivity index (χ2n) is 7.44. The third kappa shape index (κ3) is 5.69. The van der Waals surface area contributed by atoms with Gasteiger partial charge in [-0.3, -0.25) is 5.32 Å². The molecule has 0 bridgehead atoms. The van der Waals surface area contributed by atoms with Crippen LogP contribution < -0.4 is 10.1 Å². The van der Waals surface area contributed by atoms with E-state index in [1.807, 2.05) is 0 Å². The summed E-state index contributed by atoms with van der Waals surface area (Å²) in [7, 11) is 1.16. The fourth-order valence-electron chi connectivity index (χ4n) is 2.99. The van der Waals surface area contributed by atoms with Gasteiger partial charge >= 0.3 is 18.3 Å². The van der Waals surface area contributed by atoms with Crippen molar-refractivity contribution in [1.82, 2.24) is 15.1 Å². The number of benzene rings is 1. The Bertz CT molecular complexity index is 1020. The van der Waals surface area contributed by atoms with E-state index in [-0.39, 0.29) is 35.0 Å². The van der Waals surface area contributed by atoms with Gasteiger partial charge in [-0.2, -0.15) is 31.4 Å². The second kappa shape index (κ2) is 9.01. The summed E-state index contributed by atoms with van der Waals surface area (Å²) in [6.45, 7) is -1.14. The van der Waals surface area contributed by atoms with Crippen LogP contribution in [0.1, 0.15) is 30.3 Å². The number of halogens is 8. The molecule has 1 aromatic carbocycles. The highest BCUT2D eigenvalue weighted by Gasteiger charge is 2.63. The maximum atomic E-state index is 14.0. The van der Waals surface area contributed by atoms with E-state index < -0.39 is 48.9 Å². The van der Waals surface area contributed by atoms with Gasteiger partial charge in [0, 0.05) is 16.7 Å². The van der Waals surface area contributed by atoms with E-state index in [0.29, 0.717) is 0 Å². The smallest absolute Gasteiger partial charge is 0.473 e. The van der Waals surface area contributed by atoms with Gasteiger partial charge in [-0.1, -0.05) is 11.6 Å². The van der Waals surface area contributed by atoms with Gasteiger partial charge < -0.3 is 9.47 Å². The van der Waals surface area contributed by atoms with Crippen LogP contribution in [0.3, 0.4) is 0 Å². The number of hydrogen-bond donors (Lipinski definition) is 1. The van der Waals surface area contributed by atoms with Crippen molar-refractivity contribution in [3.05, 3.63) is 46.4 Å². The minimum Gasteiger partial charge on any atom is -0.473 e. The normalized spacial score (nSPS) is 16.4. The number of carbonyl (C=O) groups excluding carboxylic acids is 1. The van der Waals surface area contributed by atoms with Gasteiger partial charge in [-0.05, 0) is 38.1 Å². The molecule has 2 aromatic rings. The highest BCUT2D eigenvalue weighted by atomic mass is 35.5. The third-order valence-electron chi connectivity index (χ3n) is 5.04. The summed E-state index contributed by atoms with van der Waals surface area (Å²) in [6.07, 6.45) is -11.9. The number of nitrogens with one attached hydrogen (secondary N) is 1. The Morgan fingerprint density at radius 1 is 1.24 bits per heavy atom. The van der Waals surface area contributed by atoms with Crippen LogP contribution in [0, 0.1) is 11.2 Å². The maximum Gasteiger partial charge on any atom is 0.490 e. The number of esters is 1. The number of alkyl halides is 6. The molecule has 1 aromatic heterocycles. The first-order chi connectivity index (χ1) is 15.3. The predicted octanol–water partition coefficient (Wildman–Crippen LogP) is 4.92. The lowest BCUT2D eigenvalue weighted by atomic mass is 10.1. The molecule has 1 N–H and O–H groups in total. The quantitative estimate of drug-likeness (QED) is 0.315. The maximum absolute atomic E-state index is 14.0. The molecule has 33 heavy (non-hydrogen) atoms. The van der Waals surface area contributed by atoms with Crippen LogP contribution >= 0.6 is 11.6 Å². The number of nitrogens with zero attached hydrogens (tertiary/aromatic N) is 2. The van der Waals surface area contributed by atoms with Crippen LogP contribution in [0.4, 0.5) is 30.7 Å². The Morgan fingerprint density at radius 3 is 2.45 bits per heavy atom. The van der Waals surface area contributed by atoms with Crippen LogP contribution in [0.15, 0.2) is 24.3 Å². The van der Waals surface area contributed by atoms with Crippen molar-refractivity contribution >= 4 is 17.6 Å². The van der Waals surface area contributed by atoms with Crippen molar-refractivity contribution in [2.75, 3.05) is 7.05 Å². The lowest BCUT2D eigenvalue weighted by Crippen LogP contribution is -2.32. The zero-order valence-electron chi connectivity index (χ0n) is 16.9. The minimum absolute atomic E-state index is 0.0116. The van der Waals surface area contributed by atoms with E-state index in [0.717, 1.165) is 23.9 Å². The SMILES string of the molecule is CNC(OC(=O)C(F)(F)F)c1cc(OCc2cc(Cl)ccc2F)n(CC2(C(F)(F)F)CC2)n1. The number of carbonyl (C=O) groups is 1. The van der Waals surface area contributed by atoms with Gasteiger partial charge in [0.15, 0.2) is 6.23 Å².